The molecule has 0 saturated carbocycles. The molecule has 0 saturated heterocycles. The Morgan fingerprint density at radius 1 is 0.619 bits per heavy atom. The van der Waals surface area contributed by atoms with Crippen LogP contribution in [0.25, 0.3) is 22.4 Å². The molecule has 1 atom stereocenters. The maximum atomic E-state index is 11.8. The van der Waals surface area contributed by atoms with Crippen LogP contribution in [-0.4, -0.2) is 85.1 Å². The average molecular weight is 1340 g/mol. The minimum absolute atomic E-state index is 0.109. The van der Waals surface area contributed by atoms with Gasteiger partial charge in [0.05, 0.1) is 70.1 Å². The highest BCUT2D eigenvalue weighted by molar-refractivity contribution is 8.09. The highest BCUT2D eigenvalue weighted by Crippen LogP contribution is 2.55. The van der Waals surface area contributed by atoms with Crippen molar-refractivity contribution in [1.29, 1.82) is 0 Å². The van der Waals surface area contributed by atoms with Crippen LogP contribution in [0.4, 0.5) is 5.69 Å². The molecule has 1 heterocycles. The summed E-state index contributed by atoms with van der Waals surface area (Å²) in [6.07, 6.45) is 11.3. The van der Waals surface area contributed by atoms with E-state index in [0.717, 1.165) is 83.4 Å². The number of carbonyl (C=O) groups excluding carboxylic acids is 1. The van der Waals surface area contributed by atoms with Gasteiger partial charge < -0.3 is 42.2 Å². The van der Waals surface area contributed by atoms with E-state index in [9.17, 15) is 14.9 Å². The molecule has 0 spiro atoms. The number of carbonyl (C=O) groups is 1. The number of hydrogen-bond acceptors (Lipinski definition) is 16. The largest absolute Gasteiger partial charge is 0.497 e. The number of ether oxygens (including phenoxy) is 7. The number of esters is 1. The summed E-state index contributed by atoms with van der Waals surface area (Å²) >= 11 is 6.21. The SMILES string of the molecule is CCCCC1(CCCC)c2cc(C#Cc3ccc(OC)cc3)ccc2-c2ccc(C#Cc3ccc(OCCCOc4ccc(OP(=S)(Oc5ccc(-c6cn(CCCOc7cc([N+](=O)[O-])c(COC(C)=O)cc7OC)nn6)cc5)N(C)/N=C\c5ccc(OC)cc5)cc4)cc3)cc21. The van der Waals surface area contributed by atoms with Crippen molar-refractivity contribution in [3.63, 3.8) is 0 Å². The van der Waals surface area contributed by atoms with Crippen molar-refractivity contribution in [3.05, 3.63) is 231 Å². The molecular formula is C77H77N6O12PS. The fourth-order valence-electron chi connectivity index (χ4n) is 11.2. The Morgan fingerprint density at radius 2 is 1.11 bits per heavy atom. The van der Waals surface area contributed by atoms with Crippen LogP contribution in [0.5, 0.6) is 46.0 Å². The summed E-state index contributed by atoms with van der Waals surface area (Å²) in [5.41, 5.74) is 11.2. The van der Waals surface area contributed by atoms with Gasteiger partial charge in [-0.15, -0.1) is 5.10 Å². The van der Waals surface area contributed by atoms with E-state index >= 15 is 0 Å². The van der Waals surface area contributed by atoms with Crippen LogP contribution in [0.15, 0.2) is 181 Å². The Bertz CT molecular complexity index is 4380. The van der Waals surface area contributed by atoms with E-state index in [4.69, 9.17) is 54.0 Å². The second-order valence-electron chi connectivity index (χ2n) is 23.0. The highest BCUT2D eigenvalue weighted by atomic mass is 32.5. The molecule has 0 N–H and O–H groups in total. The summed E-state index contributed by atoms with van der Waals surface area (Å²) in [5.74, 6) is 17.5. The maximum absolute atomic E-state index is 11.8. The highest BCUT2D eigenvalue weighted by Gasteiger charge is 2.42. The van der Waals surface area contributed by atoms with E-state index in [0.29, 0.717) is 61.3 Å². The Morgan fingerprint density at radius 3 is 1.64 bits per heavy atom. The molecule has 0 amide bonds. The predicted molar refractivity (Wildman–Crippen MR) is 380 cm³/mol. The van der Waals surface area contributed by atoms with Crippen molar-refractivity contribution < 1.29 is 51.9 Å². The third-order valence-electron chi connectivity index (χ3n) is 16.3. The predicted octanol–water partition coefficient (Wildman–Crippen LogP) is 16.4. The molecule has 1 aliphatic rings. The van der Waals surface area contributed by atoms with Gasteiger partial charge in [0.2, 0.25) is 0 Å². The first-order valence-corrected chi connectivity index (χ1v) is 34.7. The van der Waals surface area contributed by atoms with Crippen LogP contribution in [0.2, 0.25) is 0 Å². The number of nitro groups is 1. The number of aromatic nitrogens is 3. The van der Waals surface area contributed by atoms with Crippen LogP contribution < -0.4 is 37.5 Å². The zero-order chi connectivity index (χ0) is 68.2. The fourth-order valence-corrected chi connectivity index (χ4v) is 13.0. The second kappa shape index (κ2) is 33.2. The van der Waals surface area contributed by atoms with Crippen LogP contribution in [0.1, 0.15) is 117 Å². The molecule has 0 fully saturated rings. The molecule has 9 aromatic rings. The summed E-state index contributed by atoms with van der Waals surface area (Å²) in [5, 5.41) is 25.1. The van der Waals surface area contributed by atoms with Gasteiger partial charge in [-0.05, 0) is 192 Å². The second-order valence-corrected chi connectivity index (χ2v) is 26.3. The lowest BCUT2D eigenvalue weighted by Gasteiger charge is -2.33. The van der Waals surface area contributed by atoms with E-state index in [1.54, 1.807) is 62.6 Å². The van der Waals surface area contributed by atoms with Crippen molar-refractivity contribution in [2.24, 2.45) is 5.10 Å². The molecule has 97 heavy (non-hydrogen) atoms. The lowest BCUT2D eigenvalue weighted by atomic mass is 9.70. The summed E-state index contributed by atoms with van der Waals surface area (Å²) in [6, 6.07) is 53.9. The molecule has 1 unspecified atom stereocenters. The van der Waals surface area contributed by atoms with Gasteiger partial charge in [-0.25, -0.2) is 4.78 Å². The number of benzene rings is 8. The first-order valence-electron chi connectivity index (χ1n) is 32.2. The number of nitrogens with zero attached hydrogens (tertiary/aromatic N) is 6. The van der Waals surface area contributed by atoms with Gasteiger partial charge in [0, 0.05) is 78.4 Å². The van der Waals surface area contributed by atoms with Crippen LogP contribution in [0.3, 0.4) is 0 Å². The van der Waals surface area contributed by atoms with Gasteiger partial charge in [0.1, 0.15) is 46.8 Å². The number of methoxy groups -OCH3 is 3. The summed E-state index contributed by atoms with van der Waals surface area (Å²) in [6.45, 7) is 3.59. The topological polar surface area (TPSA) is 190 Å². The number of unbranched alkanes of at least 4 members (excludes halogenated alkanes) is 2. The van der Waals surface area contributed by atoms with Gasteiger partial charge in [-0.2, -0.15) is 5.10 Å². The Balaban J connectivity index is 0.724. The van der Waals surface area contributed by atoms with Crippen molar-refractivity contribution in [3.8, 4) is 92.1 Å². The molecule has 0 aliphatic heterocycles. The zero-order valence-electron chi connectivity index (χ0n) is 55.5. The van der Waals surface area contributed by atoms with Gasteiger partial charge in [0.25, 0.3) is 5.69 Å². The monoisotopic (exact) mass is 1340 g/mol. The molecule has 20 heteroatoms. The Hall–Kier alpha value is -10.6. The molecular weight excluding hydrogens is 1260 g/mol. The molecule has 0 bridgehead atoms. The summed E-state index contributed by atoms with van der Waals surface area (Å²) in [7, 11) is 6.42. The standard InChI is InChI=1S/C77H77N6O12PS/c1-8-10-42-77(43-11-9-2)71-48-58(16-14-56-18-28-63(87-5)29-19-56)24-40-69(71)70-41-25-59(49-72(70)77)17-15-57-20-32-65(33-21-57)90-46-13-47-91-66-36-38-68(39-37-66)95-96(97,81(4)78-52-60-22-30-64(88-6)31-23-60)94-67-34-26-61(27-35-67)73-53-82(80-79-73)44-12-45-92-76-51-74(83(85)86)62(50-75(76)89-7)54-93-55(3)84/h18-41,48-53H,8-13,42-47,54H2,1-7H3/b78-52-. The molecule has 0 radical (unpaired) electrons. The third-order valence-corrected chi connectivity index (χ3v) is 19.2. The molecule has 18 nitrogen and oxygen atoms in total. The molecule has 10 rings (SSSR count). The number of fused-ring (bicyclic) bond motifs is 3. The first kappa shape index (κ1) is 69.2. The van der Waals surface area contributed by atoms with Crippen LogP contribution >= 0.6 is 6.64 Å². The number of nitro benzene ring substituents is 1. The lowest BCUT2D eigenvalue weighted by molar-refractivity contribution is -0.385. The Labute approximate surface area is 571 Å². The van der Waals surface area contributed by atoms with Crippen molar-refractivity contribution in [2.75, 3.05) is 48.2 Å². The summed E-state index contributed by atoms with van der Waals surface area (Å²) in [4.78, 5) is 22.6. The quantitative estimate of drug-likeness (QED) is 0.00758. The number of rotatable bonds is 31. The van der Waals surface area contributed by atoms with Crippen molar-refractivity contribution in [2.45, 2.75) is 90.7 Å². The fraction of sp³-hybridized carbons (Fsp3) is 0.273. The minimum Gasteiger partial charge on any atom is -0.497 e. The third kappa shape index (κ3) is 18.1. The molecule has 1 aliphatic carbocycles. The average Bonchev–Trinajstić information content (AvgIpc) is 1.57. The van der Waals surface area contributed by atoms with Crippen molar-refractivity contribution in [1.82, 2.24) is 19.8 Å². The minimum atomic E-state index is -3.41. The van der Waals surface area contributed by atoms with Crippen LogP contribution in [-0.2, 0) is 39.9 Å². The van der Waals surface area contributed by atoms with E-state index in [1.807, 2.05) is 97.1 Å². The van der Waals surface area contributed by atoms with Gasteiger partial charge in [-0.1, -0.05) is 80.6 Å². The normalized spacial score (nSPS) is 12.3. The van der Waals surface area contributed by atoms with E-state index in [2.05, 4.69) is 89.3 Å². The molecule has 1 aromatic heterocycles. The first-order chi connectivity index (χ1) is 47.2. The Kier molecular flexibility index (Phi) is 23.7. The summed E-state index contributed by atoms with van der Waals surface area (Å²) < 4.78 is 55.5. The van der Waals surface area contributed by atoms with Gasteiger partial charge in [0.15, 0.2) is 11.5 Å². The van der Waals surface area contributed by atoms with Crippen molar-refractivity contribution >= 4 is 36.3 Å². The van der Waals surface area contributed by atoms with Gasteiger partial charge in [-0.3, -0.25) is 19.6 Å². The smallest absolute Gasteiger partial charge is 0.410 e. The number of aryl methyl sites for hydroxylation is 1. The zero-order valence-corrected chi connectivity index (χ0v) is 57.2. The number of hydrazone groups is 1. The van der Waals surface area contributed by atoms with E-state index < -0.39 is 17.5 Å². The maximum Gasteiger partial charge on any atom is 0.410 e. The lowest BCUT2D eigenvalue weighted by Crippen LogP contribution is -2.25. The van der Waals surface area contributed by atoms with Crippen LogP contribution in [0, 0.1) is 33.8 Å². The van der Waals surface area contributed by atoms with E-state index in [1.165, 1.54) is 53.2 Å². The number of hydrogen-bond donors (Lipinski definition) is 0. The molecule has 498 valence electrons. The molecule has 8 aromatic carbocycles. The van der Waals surface area contributed by atoms with Gasteiger partial charge >= 0.3 is 12.6 Å². The van der Waals surface area contributed by atoms with E-state index in [-0.39, 0.29) is 41.4 Å².